The molecule has 435 valence electrons. The molecule has 4 aromatic carbocycles. The van der Waals surface area contributed by atoms with E-state index in [9.17, 15) is 0 Å². The van der Waals surface area contributed by atoms with E-state index >= 15 is 0 Å². The van der Waals surface area contributed by atoms with Gasteiger partial charge in [-0.15, -0.1) is 0 Å². The summed E-state index contributed by atoms with van der Waals surface area (Å²) in [5, 5.41) is 9.08. The average Bonchev–Trinajstić information content (AvgIpc) is 1.35. The van der Waals surface area contributed by atoms with Crippen LogP contribution < -0.4 is 31.4 Å². The molecule has 84 heavy (non-hydrogen) atoms. The molecule has 5 aromatic rings. The Balaban J connectivity index is 1.33. The highest BCUT2D eigenvalue weighted by molar-refractivity contribution is 7.15. The molecule has 1 aliphatic heterocycles. The number of benzene rings is 4. The molecule has 0 bridgehead atoms. The van der Waals surface area contributed by atoms with Crippen LogP contribution in [0.25, 0.3) is 11.0 Å². The molecular weight excluding hydrogens is 1030 g/mol. The lowest BCUT2D eigenvalue weighted by Gasteiger charge is -2.39. The van der Waals surface area contributed by atoms with Gasteiger partial charge in [0.1, 0.15) is 5.58 Å². The van der Waals surface area contributed by atoms with E-state index in [0.717, 1.165) is 66.5 Å². The van der Waals surface area contributed by atoms with Crippen LogP contribution in [-0.2, 0) is 5.41 Å². The number of rotatable bonds is 16. The van der Waals surface area contributed by atoms with Gasteiger partial charge in [0.25, 0.3) is 0 Å². The Bertz CT molecular complexity index is 3480. The smallest absolute Gasteiger partial charge is 0.243 e. The van der Waals surface area contributed by atoms with Crippen LogP contribution in [-0.4, -0.2) is 26.8 Å². The molecule has 3 atom stereocenters. The second-order valence-electron chi connectivity index (χ2n) is 27.0. The molecule has 3 unspecified atom stereocenters. The number of hydrogen-bond acceptors (Lipinski definition) is 4. The Hall–Kier alpha value is -7.02. The van der Waals surface area contributed by atoms with Crippen LogP contribution >= 0.6 is 0 Å². The first-order chi connectivity index (χ1) is 40.2. The van der Waals surface area contributed by atoms with Crippen molar-refractivity contribution in [3.63, 3.8) is 0 Å². The van der Waals surface area contributed by atoms with E-state index in [-0.39, 0.29) is 16.2 Å². The number of furan rings is 1. The number of anilines is 1. The minimum absolute atomic E-state index is 0.0114. The number of allylic oxidation sites excluding steroid dienone is 18. The molecule has 3 aliphatic carbocycles. The Morgan fingerprint density at radius 3 is 2.13 bits per heavy atom. The van der Waals surface area contributed by atoms with Crippen LogP contribution in [0.1, 0.15) is 141 Å². The Kier molecular flexibility index (Phi) is 19.4. The largest absolute Gasteiger partial charge is 0.472 e. The first-order valence-electron chi connectivity index (χ1n) is 31.5. The van der Waals surface area contributed by atoms with Crippen molar-refractivity contribution >= 4 is 53.2 Å². The van der Waals surface area contributed by atoms with Gasteiger partial charge in [0.05, 0.1) is 5.66 Å². The fourth-order valence-electron chi connectivity index (χ4n) is 12.5. The van der Waals surface area contributed by atoms with Crippen molar-refractivity contribution in [2.75, 3.05) is 11.4 Å². The maximum Gasteiger partial charge on any atom is 0.243 e. The molecule has 6 heteroatoms. The van der Waals surface area contributed by atoms with Crippen molar-refractivity contribution in [2.45, 2.75) is 141 Å². The maximum atomic E-state index is 6.89. The molecule has 1 N–H and O–H groups in total. The third-order valence-electron chi connectivity index (χ3n) is 18.3. The Morgan fingerprint density at radius 1 is 0.821 bits per heavy atom. The van der Waals surface area contributed by atoms with Gasteiger partial charge >= 0.3 is 0 Å². The van der Waals surface area contributed by atoms with Crippen LogP contribution in [0.4, 0.5) is 5.69 Å². The number of nitrogens with zero attached hydrogens (tertiary/aromatic N) is 2. The van der Waals surface area contributed by atoms with Gasteiger partial charge in [0.2, 0.25) is 7.28 Å². The summed E-state index contributed by atoms with van der Waals surface area (Å²) in [4.78, 5) is 5.12. The van der Waals surface area contributed by atoms with Crippen LogP contribution in [0.2, 0.25) is 0 Å². The molecule has 0 saturated heterocycles. The number of fused-ring (bicyclic) bond motifs is 2. The summed E-state index contributed by atoms with van der Waals surface area (Å²) in [6, 6.07) is 40.6. The fraction of sp³-hybridized carbons (Fsp3) is 0.359. The first kappa shape index (κ1) is 61.5. The zero-order valence-electron chi connectivity index (χ0n) is 53.3. The highest BCUT2D eigenvalue weighted by atomic mass is 28.3. The molecule has 0 spiro atoms. The highest BCUT2D eigenvalue weighted by Crippen LogP contribution is 2.43. The average molecular weight is 1130 g/mol. The topological polar surface area (TPSA) is 31.7 Å². The molecule has 0 amide bonds. The van der Waals surface area contributed by atoms with E-state index in [1.165, 1.54) is 60.5 Å². The number of nitrogens with one attached hydrogen (secondary N) is 1. The molecule has 4 aliphatic rings. The van der Waals surface area contributed by atoms with Crippen molar-refractivity contribution < 1.29 is 4.42 Å². The van der Waals surface area contributed by atoms with Crippen LogP contribution in [0, 0.1) is 34.5 Å². The lowest BCUT2D eigenvalue weighted by atomic mass is 9.61. The zero-order valence-corrected chi connectivity index (χ0v) is 54.3. The quantitative estimate of drug-likeness (QED) is 0.0788. The van der Waals surface area contributed by atoms with E-state index in [2.05, 4.69) is 325 Å². The van der Waals surface area contributed by atoms with Crippen molar-refractivity contribution in [1.82, 2.24) is 10.2 Å². The summed E-state index contributed by atoms with van der Waals surface area (Å²) >= 11 is 0. The van der Waals surface area contributed by atoms with E-state index in [1.54, 1.807) is 0 Å². The second kappa shape index (κ2) is 26.5. The molecule has 4 nitrogen and oxygen atoms in total. The van der Waals surface area contributed by atoms with Crippen LogP contribution in [0.5, 0.6) is 0 Å². The van der Waals surface area contributed by atoms with Gasteiger partial charge in [-0.05, 0) is 174 Å². The highest BCUT2D eigenvalue weighted by Gasteiger charge is 2.40. The molecule has 0 fully saturated rings. The number of para-hydroxylation sites is 1. The summed E-state index contributed by atoms with van der Waals surface area (Å²) in [7, 11) is -0.485. The Labute approximate surface area is 508 Å². The van der Waals surface area contributed by atoms with Gasteiger partial charge < -0.3 is 19.5 Å². The maximum absolute atomic E-state index is 6.89. The van der Waals surface area contributed by atoms with Gasteiger partial charge in [-0.1, -0.05) is 239 Å². The summed E-state index contributed by atoms with van der Waals surface area (Å²) in [6.07, 6.45) is 41.8. The van der Waals surface area contributed by atoms with Gasteiger partial charge in [-0.25, -0.2) is 0 Å². The normalized spacial score (nSPS) is 23.2. The van der Waals surface area contributed by atoms with Crippen molar-refractivity contribution in [3.05, 3.63) is 257 Å². The summed E-state index contributed by atoms with van der Waals surface area (Å²) < 4.78 is 6.89. The lowest BCUT2D eigenvalue weighted by molar-refractivity contribution is 0.329. The molecule has 9 rings (SSSR count). The van der Waals surface area contributed by atoms with Crippen LogP contribution in [0.15, 0.2) is 256 Å². The fourth-order valence-corrected chi connectivity index (χ4v) is 16.9. The molecule has 2 heterocycles. The summed E-state index contributed by atoms with van der Waals surface area (Å²) in [6.45, 7) is 33.6. The summed E-state index contributed by atoms with van der Waals surface area (Å²) in [5.74, 6) is 1.90. The standard InChI is InChI=1S/C78H95BN3OSi/c1-15-57(5)68-55-69(79-75-54-62-52-63(76(8,9)10)37-40-73(62)83-75)72(53-60(68)16-2)82(70-42-45-78(13,14)47-46-77(11,12)44-41-58(70)6)65(43-48-80-64-38-35-61(36-39-64)56(3)4)51-59(7)81-49-27-17-18-28-50-84(66-29-21-19-22-30-66,67-31-23-20-24-32-67)74-34-26-25-33-71(74)81/h17-35,37-45,49-52,54-57,60-61,80H,15-16,36,46-48,53H2,1-14H3/b18-17-,44-41+,45-42+,49-27+,50-28+,59-51+,65-43+,70-58+. The van der Waals surface area contributed by atoms with Gasteiger partial charge in [-0.3, -0.25) is 0 Å². The van der Waals surface area contributed by atoms with Gasteiger partial charge in [0, 0.05) is 52.3 Å². The third-order valence-corrected chi connectivity index (χ3v) is 22.8. The van der Waals surface area contributed by atoms with Crippen molar-refractivity contribution in [2.24, 2.45) is 34.5 Å². The van der Waals surface area contributed by atoms with Crippen molar-refractivity contribution in [3.8, 4) is 0 Å². The minimum Gasteiger partial charge on any atom is -0.472 e. The number of hydrogen-bond donors (Lipinski definition) is 1. The first-order valence-corrected chi connectivity index (χ1v) is 33.5. The second-order valence-corrected chi connectivity index (χ2v) is 30.6. The molecule has 0 saturated carbocycles. The molecule has 1 aromatic heterocycles. The SMILES string of the molecule is CCC(C)C1=CC([B]c2cc3cc(C(C)(C)C)ccc3o2)=C(N(C(=C/CNC2=CCC(C(C)C)C=C2)/C=C(\C)N2/C=C/C=C\C=C\[Si](c3ccccc3)(c3ccccc3)c3ccccc32)C2=C(C)/C=C/C(C)(C)CCC(C)(C)\C=C\2)CC1CC. The van der Waals surface area contributed by atoms with E-state index in [4.69, 9.17) is 4.42 Å². The van der Waals surface area contributed by atoms with Crippen LogP contribution in [0.3, 0.4) is 0 Å². The van der Waals surface area contributed by atoms with Gasteiger partial charge in [-0.2, -0.15) is 0 Å². The van der Waals surface area contributed by atoms with Gasteiger partial charge in [0.15, 0.2) is 8.07 Å². The third kappa shape index (κ3) is 14.2. The lowest BCUT2D eigenvalue weighted by Crippen LogP contribution is -2.66. The predicted octanol–water partition coefficient (Wildman–Crippen LogP) is 17.9. The van der Waals surface area contributed by atoms with E-state index < -0.39 is 8.07 Å². The summed E-state index contributed by atoms with van der Waals surface area (Å²) in [5.41, 5.74) is 16.5. The van der Waals surface area contributed by atoms with E-state index in [0.29, 0.717) is 30.2 Å². The molecule has 1 radical (unpaired) electrons. The van der Waals surface area contributed by atoms with E-state index in [1.807, 2.05) is 0 Å². The predicted molar refractivity (Wildman–Crippen MR) is 367 cm³/mol. The minimum atomic E-state index is -2.84. The van der Waals surface area contributed by atoms with Crippen molar-refractivity contribution in [1.29, 1.82) is 0 Å². The molecular formula is C78H95BN3OSi. The zero-order chi connectivity index (χ0) is 59.8. The monoisotopic (exact) mass is 1130 g/mol. The Morgan fingerprint density at radius 2 is 1.49 bits per heavy atom.